The average molecular weight is 482 g/mol. The molecule has 3 heterocycles. The van der Waals surface area contributed by atoms with Crippen molar-refractivity contribution >= 4 is 23.4 Å². The van der Waals surface area contributed by atoms with Crippen LogP contribution in [-0.4, -0.2) is 34.6 Å². The summed E-state index contributed by atoms with van der Waals surface area (Å²) in [4.78, 5) is 36.2. The van der Waals surface area contributed by atoms with E-state index < -0.39 is 11.3 Å². The molecule has 7 nitrogen and oxygen atoms in total. The summed E-state index contributed by atoms with van der Waals surface area (Å²) in [7, 11) is 3.51. The Bertz CT molecular complexity index is 1600. The predicted octanol–water partition coefficient (Wildman–Crippen LogP) is 2.62. The first-order chi connectivity index (χ1) is 17.0. The van der Waals surface area contributed by atoms with Gasteiger partial charge in [0.15, 0.2) is 0 Å². The lowest BCUT2D eigenvalue weighted by Gasteiger charge is -2.49. The predicted molar refractivity (Wildman–Crippen MR) is 136 cm³/mol. The van der Waals surface area contributed by atoms with Crippen molar-refractivity contribution in [3.05, 3.63) is 127 Å². The molecule has 4 aromatic rings. The molecule has 0 spiro atoms. The fourth-order valence-corrected chi connectivity index (χ4v) is 6.18. The van der Waals surface area contributed by atoms with Gasteiger partial charge in [0.25, 0.3) is 5.56 Å². The van der Waals surface area contributed by atoms with Crippen molar-refractivity contribution in [1.82, 2.24) is 14.5 Å². The Balaban J connectivity index is 1.72. The highest BCUT2D eigenvalue weighted by atomic mass is 32.1. The zero-order valence-corrected chi connectivity index (χ0v) is 20.1. The van der Waals surface area contributed by atoms with Gasteiger partial charge in [-0.2, -0.15) is 4.68 Å². The summed E-state index contributed by atoms with van der Waals surface area (Å²) < 4.78 is 2.04. The highest BCUT2D eigenvalue weighted by molar-refractivity contribution is 7.07. The molecule has 2 aliphatic heterocycles. The highest BCUT2D eigenvalue weighted by Crippen LogP contribution is 2.53. The Kier molecular flexibility index (Phi) is 4.69. The Hall–Kier alpha value is -4.17. The van der Waals surface area contributed by atoms with Gasteiger partial charge in [0.05, 0.1) is 4.53 Å². The van der Waals surface area contributed by atoms with Gasteiger partial charge >= 0.3 is 6.03 Å². The number of aromatic nitrogens is 1. The van der Waals surface area contributed by atoms with E-state index in [-0.39, 0.29) is 11.6 Å². The van der Waals surface area contributed by atoms with Gasteiger partial charge in [0.1, 0.15) is 0 Å². The number of hydrogen-bond acceptors (Lipinski definition) is 5. The summed E-state index contributed by atoms with van der Waals surface area (Å²) in [5.74, 6) is 0. The SMILES string of the molecule is CN1C(=O)N(C)C2(c3ccccc3)Nn3c(sc(=Cc4ccccc4)c3=O)=NC12c1ccccc1. The molecule has 1 fully saturated rings. The maximum absolute atomic E-state index is 13.6. The van der Waals surface area contributed by atoms with E-state index in [0.717, 1.165) is 16.7 Å². The lowest BCUT2D eigenvalue weighted by molar-refractivity contribution is 0.0648. The van der Waals surface area contributed by atoms with Crippen LogP contribution in [0.4, 0.5) is 4.79 Å². The standard InChI is InChI=1S/C27H23N5O2S/c1-30-25(34)31(2)27(21-16-10-5-11-17-21)26(30,20-14-8-4-9-15-20)28-24-32(29-27)23(33)22(35-24)18-19-12-6-3-7-13-19/h3-18,29H,1-2H3. The van der Waals surface area contributed by atoms with Crippen molar-refractivity contribution < 1.29 is 4.79 Å². The third kappa shape index (κ3) is 2.80. The molecule has 6 rings (SSSR count). The molecule has 0 saturated carbocycles. The molecule has 0 radical (unpaired) electrons. The minimum atomic E-state index is -1.16. The van der Waals surface area contributed by atoms with Gasteiger partial charge in [-0.1, -0.05) is 102 Å². The molecule has 8 heteroatoms. The van der Waals surface area contributed by atoms with Crippen LogP contribution in [-0.2, 0) is 11.3 Å². The smallest absolute Gasteiger partial charge is 0.295 e. The molecule has 2 aliphatic rings. The quantitative estimate of drug-likeness (QED) is 0.489. The number of benzene rings is 3. The number of likely N-dealkylation sites (N-methyl/N-ethyl adjacent to an activating group) is 2. The number of carbonyl (C=O) groups is 1. The van der Waals surface area contributed by atoms with E-state index in [2.05, 4.69) is 5.43 Å². The zero-order chi connectivity index (χ0) is 24.2. The zero-order valence-electron chi connectivity index (χ0n) is 19.3. The summed E-state index contributed by atoms with van der Waals surface area (Å²) in [6, 6.07) is 29.0. The van der Waals surface area contributed by atoms with Crippen molar-refractivity contribution in [2.45, 2.75) is 11.3 Å². The maximum atomic E-state index is 13.6. The van der Waals surface area contributed by atoms with Crippen molar-refractivity contribution in [3.63, 3.8) is 0 Å². The van der Waals surface area contributed by atoms with Crippen LogP contribution in [0.5, 0.6) is 0 Å². The summed E-state index contributed by atoms with van der Waals surface area (Å²) in [6.07, 6.45) is 1.87. The van der Waals surface area contributed by atoms with Crippen molar-refractivity contribution in [2.75, 3.05) is 19.5 Å². The molecule has 0 bridgehead atoms. The van der Waals surface area contributed by atoms with Crippen LogP contribution in [0.25, 0.3) is 6.08 Å². The van der Waals surface area contributed by atoms with E-state index in [1.807, 2.05) is 97.1 Å². The Labute approximate surface area is 205 Å². The molecule has 174 valence electrons. The van der Waals surface area contributed by atoms with Gasteiger partial charge in [-0.05, 0) is 11.6 Å². The molecular formula is C27H23N5O2S. The number of urea groups is 1. The Morgan fingerprint density at radius 3 is 2.00 bits per heavy atom. The number of rotatable bonds is 3. The third-order valence-corrected chi connectivity index (χ3v) is 7.84. The van der Waals surface area contributed by atoms with Crippen LogP contribution < -0.4 is 20.3 Å². The molecule has 1 aromatic heterocycles. The number of hydrogen-bond donors (Lipinski definition) is 1. The second kappa shape index (κ2) is 7.68. The summed E-state index contributed by atoms with van der Waals surface area (Å²) in [6.45, 7) is 0. The molecule has 2 atom stereocenters. The monoisotopic (exact) mass is 481 g/mol. The van der Waals surface area contributed by atoms with Gasteiger partial charge < -0.3 is 0 Å². The Morgan fingerprint density at radius 2 is 1.37 bits per heavy atom. The van der Waals surface area contributed by atoms with Crippen LogP contribution in [0, 0.1) is 0 Å². The molecule has 2 unspecified atom stereocenters. The van der Waals surface area contributed by atoms with Crippen molar-refractivity contribution in [2.24, 2.45) is 4.99 Å². The van der Waals surface area contributed by atoms with Gasteiger partial charge in [-0.3, -0.25) is 20.0 Å². The number of nitrogens with one attached hydrogen (secondary N) is 1. The molecule has 3 aromatic carbocycles. The van der Waals surface area contributed by atoms with E-state index in [4.69, 9.17) is 4.99 Å². The maximum Gasteiger partial charge on any atom is 0.324 e. The fraction of sp³-hybridized carbons (Fsp3) is 0.148. The minimum Gasteiger partial charge on any atom is -0.295 e. The summed E-state index contributed by atoms with van der Waals surface area (Å²) in [5.41, 5.74) is 3.56. The average Bonchev–Trinajstić information content (AvgIpc) is 3.29. The largest absolute Gasteiger partial charge is 0.324 e. The van der Waals surface area contributed by atoms with E-state index in [9.17, 15) is 9.59 Å². The number of carbonyl (C=O) groups excluding carboxylic acids is 1. The number of amides is 2. The second-order valence-electron chi connectivity index (χ2n) is 8.68. The molecule has 1 saturated heterocycles. The minimum absolute atomic E-state index is 0.201. The van der Waals surface area contributed by atoms with E-state index >= 15 is 0 Å². The number of fused-ring (bicyclic) bond motifs is 2. The first-order valence-corrected chi connectivity index (χ1v) is 12.1. The first-order valence-electron chi connectivity index (χ1n) is 11.3. The molecule has 1 N–H and O–H groups in total. The van der Waals surface area contributed by atoms with Gasteiger partial charge in [0, 0.05) is 25.2 Å². The summed E-state index contributed by atoms with van der Waals surface area (Å²) >= 11 is 1.31. The van der Waals surface area contributed by atoms with E-state index in [1.54, 1.807) is 23.9 Å². The third-order valence-electron chi connectivity index (χ3n) is 6.87. The van der Waals surface area contributed by atoms with Gasteiger partial charge in [0.2, 0.25) is 16.1 Å². The van der Waals surface area contributed by atoms with Crippen LogP contribution in [0.3, 0.4) is 0 Å². The molecule has 0 aliphatic carbocycles. The molecule has 35 heavy (non-hydrogen) atoms. The topological polar surface area (TPSA) is 69.9 Å². The van der Waals surface area contributed by atoms with Gasteiger partial charge in [-0.15, -0.1) is 0 Å². The van der Waals surface area contributed by atoms with Crippen molar-refractivity contribution in [3.8, 4) is 0 Å². The van der Waals surface area contributed by atoms with Crippen molar-refractivity contribution in [1.29, 1.82) is 0 Å². The number of nitrogens with zero attached hydrogens (tertiary/aromatic N) is 4. The van der Waals surface area contributed by atoms with Crippen LogP contribution in [0.15, 0.2) is 101 Å². The van der Waals surface area contributed by atoms with E-state index in [0.29, 0.717) is 9.33 Å². The van der Waals surface area contributed by atoms with E-state index in [1.165, 1.54) is 16.0 Å². The lowest BCUT2D eigenvalue weighted by atomic mass is 9.80. The Morgan fingerprint density at radius 1 is 0.800 bits per heavy atom. The second-order valence-corrected chi connectivity index (χ2v) is 9.69. The highest BCUT2D eigenvalue weighted by Gasteiger charge is 2.69. The molecule has 2 amide bonds. The fourth-order valence-electron chi connectivity index (χ4n) is 5.22. The van der Waals surface area contributed by atoms with Crippen LogP contribution in [0.1, 0.15) is 16.7 Å². The molecular weight excluding hydrogens is 458 g/mol. The van der Waals surface area contributed by atoms with Crippen LogP contribution >= 0.6 is 11.3 Å². The van der Waals surface area contributed by atoms with Gasteiger partial charge in [-0.25, -0.2) is 9.79 Å². The number of thiazole rings is 1. The normalized spacial score (nSPS) is 23.5. The lowest BCUT2D eigenvalue weighted by Crippen LogP contribution is -2.67. The summed E-state index contributed by atoms with van der Waals surface area (Å²) in [5, 5.41) is 0. The van der Waals surface area contributed by atoms with Crippen LogP contribution in [0.2, 0.25) is 0 Å². The first kappa shape index (κ1) is 21.4.